The van der Waals surface area contributed by atoms with E-state index in [1.54, 1.807) is 12.0 Å². The molecule has 0 saturated heterocycles. The van der Waals surface area contributed by atoms with Gasteiger partial charge in [-0.2, -0.15) is 0 Å². The van der Waals surface area contributed by atoms with Crippen molar-refractivity contribution < 1.29 is 14.3 Å². The fourth-order valence-electron chi connectivity index (χ4n) is 3.12. The number of carbonyl (C=O) groups is 2. The van der Waals surface area contributed by atoms with E-state index in [0.717, 1.165) is 21.8 Å². The number of carbonyl (C=O) groups excluding carboxylic acids is 2. The van der Waals surface area contributed by atoms with Crippen LogP contribution in [-0.4, -0.2) is 52.3 Å². The topological polar surface area (TPSA) is 90.5 Å². The van der Waals surface area contributed by atoms with Crippen LogP contribution in [-0.2, 0) is 27.4 Å². The van der Waals surface area contributed by atoms with Gasteiger partial charge in [0.25, 0.3) is 0 Å². The summed E-state index contributed by atoms with van der Waals surface area (Å²) in [6.45, 7) is 1.95. The zero-order chi connectivity index (χ0) is 21.3. The molecule has 2 N–H and O–H groups in total. The third kappa shape index (κ3) is 5.84. The summed E-state index contributed by atoms with van der Waals surface area (Å²) in [6, 6.07) is 17.6. The van der Waals surface area contributed by atoms with Crippen molar-refractivity contribution in [3.63, 3.8) is 0 Å². The molecule has 0 atom stereocenters. The number of hydrogen-bond acceptors (Lipinski definition) is 5. The number of nitrogens with two attached hydrogens (primary N) is 1. The molecule has 0 aliphatic carbocycles. The average molecular weight is 427 g/mol. The first-order valence-electron chi connectivity index (χ1n) is 9.75. The first kappa shape index (κ1) is 21.9. The summed E-state index contributed by atoms with van der Waals surface area (Å²) in [5.41, 5.74) is 8.21. The Morgan fingerprint density at radius 1 is 1.13 bits per heavy atom. The van der Waals surface area contributed by atoms with Crippen LogP contribution in [0, 0.1) is 0 Å². The zero-order valence-electron chi connectivity index (χ0n) is 17.0. The summed E-state index contributed by atoms with van der Waals surface area (Å²) >= 11 is 1.39. The maximum Gasteiger partial charge on any atom is 0.233 e. The standard InChI is InChI=1S/C22H26N4O3S/c1-29-14-13-26-19-10-6-5-9-18(19)24-22(26)30-16-21(28)25(12-11-20(23)27)15-17-7-3-2-4-8-17/h2-10H,11-16H2,1H3,(H2,23,27). The number of methoxy groups -OCH3 is 1. The molecule has 0 spiro atoms. The fourth-order valence-corrected chi connectivity index (χ4v) is 4.06. The number of nitrogens with zero attached hydrogens (tertiary/aromatic N) is 3. The van der Waals surface area contributed by atoms with Gasteiger partial charge < -0.3 is 19.9 Å². The molecule has 0 aliphatic rings. The van der Waals surface area contributed by atoms with Crippen LogP contribution in [0.4, 0.5) is 0 Å². The maximum atomic E-state index is 13.0. The number of amides is 2. The zero-order valence-corrected chi connectivity index (χ0v) is 17.8. The summed E-state index contributed by atoms with van der Waals surface area (Å²) in [4.78, 5) is 30.6. The molecule has 0 bridgehead atoms. The van der Waals surface area contributed by atoms with Crippen molar-refractivity contribution in [2.24, 2.45) is 5.73 Å². The quantitative estimate of drug-likeness (QED) is 0.476. The van der Waals surface area contributed by atoms with E-state index in [2.05, 4.69) is 9.55 Å². The number of para-hydroxylation sites is 2. The van der Waals surface area contributed by atoms with Crippen molar-refractivity contribution in [3.8, 4) is 0 Å². The Labute approximate surface area is 180 Å². The fraction of sp³-hybridized carbons (Fsp3) is 0.318. The molecule has 2 aromatic carbocycles. The molecule has 158 valence electrons. The number of primary amides is 1. The third-order valence-corrected chi connectivity index (χ3v) is 5.62. The van der Waals surface area contributed by atoms with Gasteiger partial charge in [0.15, 0.2) is 5.16 Å². The molecule has 0 fully saturated rings. The second-order valence-electron chi connectivity index (χ2n) is 6.83. The van der Waals surface area contributed by atoms with Crippen molar-refractivity contribution in [3.05, 3.63) is 60.2 Å². The summed E-state index contributed by atoms with van der Waals surface area (Å²) < 4.78 is 7.30. The summed E-state index contributed by atoms with van der Waals surface area (Å²) in [5.74, 6) is -0.257. The predicted molar refractivity (Wildman–Crippen MR) is 118 cm³/mol. The molecule has 0 radical (unpaired) electrons. The van der Waals surface area contributed by atoms with Crippen LogP contribution >= 0.6 is 11.8 Å². The number of hydrogen-bond donors (Lipinski definition) is 1. The number of imidazole rings is 1. The first-order valence-corrected chi connectivity index (χ1v) is 10.7. The van der Waals surface area contributed by atoms with Crippen molar-refractivity contribution in [1.29, 1.82) is 0 Å². The molecule has 7 nitrogen and oxygen atoms in total. The molecule has 8 heteroatoms. The molecule has 0 unspecified atom stereocenters. The minimum atomic E-state index is -0.421. The Bertz CT molecular complexity index is 990. The average Bonchev–Trinajstić information content (AvgIpc) is 3.11. The second-order valence-corrected chi connectivity index (χ2v) is 7.78. The van der Waals surface area contributed by atoms with E-state index in [1.165, 1.54) is 11.8 Å². The lowest BCUT2D eigenvalue weighted by atomic mass is 10.2. The third-order valence-electron chi connectivity index (χ3n) is 4.66. The number of benzene rings is 2. The largest absolute Gasteiger partial charge is 0.383 e. The SMILES string of the molecule is COCCn1c(SCC(=O)N(CCC(N)=O)Cc2ccccc2)nc2ccccc21. The lowest BCUT2D eigenvalue weighted by Crippen LogP contribution is -2.34. The summed E-state index contributed by atoms with van der Waals surface area (Å²) in [7, 11) is 1.66. The van der Waals surface area contributed by atoms with E-state index in [4.69, 9.17) is 10.5 Å². The van der Waals surface area contributed by atoms with Crippen LogP contribution < -0.4 is 5.73 Å². The Balaban J connectivity index is 1.73. The molecule has 1 heterocycles. The number of aromatic nitrogens is 2. The lowest BCUT2D eigenvalue weighted by Gasteiger charge is -2.22. The van der Waals surface area contributed by atoms with Crippen LogP contribution in [0.3, 0.4) is 0 Å². The van der Waals surface area contributed by atoms with Crippen LogP contribution in [0.2, 0.25) is 0 Å². The van der Waals surface area contributed by atoms with Gasteiger partial charge in [0.2, 0.25) is 11.8 Å². The first-order chi connectivity index (χ1) is 14.6. The number of thioether (sulfide) groups is 1. The molecule has 1 aromatic heterocycles. The van der Waals surface area contributed by atoms with Crippen molar-refractivity contribution >= 4 is 34.6 Å². The van der Waals surface area contributed by atoms with Gasteiger partial charge in [-0.15, -0.1) is 0 Å². The van der Waals surface area contributed by atoms with Crippen molar-refractivity contribution in [2.45, 2.75) is 24.7 Å². The van der Waals surface area contributed by atoms with Crippen LogP contribution in [0.5, 0.6) is 0 Å². The van der Waals surface area contributed by atoms with Gasteiger partial charge in [-0.25, -0.2) is 4.98 Å². The summed E-state index contributed by atoms with van der Waals surface area (Å²) in [5, 5.41) is 0.774. The van der Waals surface area contributed by atoms with Gasteiger partial charge in [0.1, 0.15) is 0 Å². The van der Waals surface area contributed by atoms with E-state index < -0.39 is 5.91 Å². The molecule has 0 aliphatic heterocycles. The molecule has 2 amide bonds. The highest BCUT2D eigenvalue weighted by atomic mass is 32.2. The highest BCUT2D eigenvalue weighted by Gasteiger charge is 2.18. The highest BCUT2D eigenvalue weighted by Crippen LogP contribution is 2.24. The van der Waals surface area contributed by atoms with Gasteiger partial charge in [-0.1, -0.05) is 54.2 Å². The smallest absolute Gasteiger partial charge is 0.233 e. The maximum absolute atomic E-state index is 13.0. The van der Waals surface area contributed by atoms with Gasteiger partial charge in [0, 0.05) is 33.2 Å². The molecule has 3 aromatic rings. The minimum Gasteiger partial charge on any atom is -0.383 e. The Kier molecular flexibility index (Phi) is 7.87. The van der Waals surface area contributed by atoms with Gasteiger partial charge >= 0.3 is 0 Å². The molecular weight excluding hydrogens is 400 g/mol. The molecule has 30 heavy (non-hydrogen) atoms. The Hall–Kier alpha value is -2.84. The van der Waals surface area contributed by atoms with Crippen LogP contribution in [0.25, 0.3) is 11.0 Å². The van der Waals surface area contributed by atoms with Gasteiger partial charge in [0.05, 0.1) is 23.4 Å². The number of ether oxygens (including phenoxy) is 1. The number of fused-ring (bicyclic) bond motifs is 1. The second kappa shape index (κ2) is 10.8. The number of rotatable bonds is 11. The van der Waals surface area contributed by atoms with E-state index in [9.17, 15) is 9.59 Å². The van der Waals surface area contributed by atoms with Crippen molar-refractivity contribution in [2.75, 3.05) is 26.0 Å². The molecule has 0 saturated carbocycles. The minimum absolute atomic E-state index is 0.0598. The van der Waals surface area contributed by atoms with E-state index >= 15 is 0 Å². The normalized spacial score (nSPS) is 11.0. The van der Waals surface area contributed by atoms with E-state index in [1.807, 2.05) is 54.6 Å². The van der Waals surface area contributed by atoms with E-state index in [0.29, 0.717) is 26.2 Å². The molecule has 3 rings (SSSR count). The summed E-state index contributed by atoms with van der Waals surface area (Å²) in [6.07, 6.45) is 0.135. The monoisotopic (exact) mass is 426 g/mol. The van der Waals surface area contributed by atoms with Crippen LogP contribution in [0.15, 0.2) is 59.8 Å². The highest BCUT2D eigenvalue weighted by molar-refractivity contribution is 7.99. The lowest BCUT2D eigenvalue weighted by molar-refractivity contribution is -0.129. The Morgan fingerprint density at radius 2 is 1.87 bits per heavy atom. The predicted octanol–water partition coefficient (Wildman–Crippen LogP) is 2.68. The Morgan fingerprint density at radius 3 is 2.60 bits per heavy atom. The molecular formula is C22H26N4O3S. The van der Waals surface area contributed by atoms with Crippen molar-refractivity contribution in [1.82, 2.24) is 14.5 Å². The van der Waals surface area contributed by atoms with Crippen LogP contribution in [0.1, 0.15) is 12.0 Å². The van der Waals surface area contributed by atoms with Gasteiger partial charge in [-0.05, 0) is 17.7 Å². The van der Waals surface area contributed by atoms with E-state index in [-0.39, 0.29) is 18.1 Å². The van der Waals surface area contributed by atoms with Gasteiger partial charge in [-0.3, -0.25) is 9.59 Å².